The molecule has 1 aliphatic carbocycles. The molecule has 0 bridgehead atoms. The van der Waals surface area contributed by atoms with Crippen LogP contribution in [0.3, 0.4) is 0 Å². The minimum absolute atomic E-state index is 0.249. The molecule has 4 amide bonds. The predicted octanol–water partition coefficient (Wildman–Crippen LogP) is 1.68. The Morgan fingerprint density at radius 2 is 1.69 bits per heavy atom. The third-order valence-electron chi connectivity index (χ3n) is 6.84. The number of alkyl halides is 2. The summed E-state index contributed by atoms with van der Waals surface area (Å²) in [6.45, 7) is 6.01. The van der Waals surface area contributed by atoms with E-state index < -0.39 is 71.9 Å². The van der Waals surface area contributed by atoms with E-state index in [-0.39, 0.29) is 12.0 Å². The zero-order valence-electron chi connectivity index (χ0n) is 20.9. The number of hydrogen-bond donors (Lipinski definition) is 4. The number of amides is 4. The van der Waals surface area contributed by atoms with Gasteiger partial charge in [0.2, 0.25) is 23.5 Å². The van der Waals surface area contributed by atoms with Crippen LogP contribution in [-0.4, -0.2) is 77.2 Å². The minimum Gasteiger partial charge on any atom is -0.465 e. The maximum absolute atomic E-state index is 13.5. The fraction of sp³-hybridized carbons (Fsp3) is 0.783. The SMILES string of the molecule is CNC(=O)C(=O)[C@H](CCC(C)(F)F)NC(=O)C1CC2(CCC2)CN1C(=O)[C@@H](NC(=O)O)C(C)(C)C. The molecular formula is C23H36F2N4O6. The highest BCUT2D eigenvalue weighted by Gasteiger charge is 2.53. The Morgan fingerprint density at radius 3 is 2.11 bits per heavy atom. The molecule has 3 atom stereocenters. The molecule has 2 fully saturated rings. The smallest absolute Gasteiger partial charge is 0.405 e. The van der Waals surface area contributed by atoms with Crippen LogP contribution < -0.4 is 16.0 Å². The number of likely N-dealkylation sites (tertiary alicyclic amines) is 1. The molecule has 35 heavy (non-hydrogen) atoms. The van der Waals surface area contributed by atoms with Gasteiger partial charge in [-0.25, -0.2) is 13.6 Å². The second-order valence-electron chi connectivity index (χ2n) is 10.9. The van der Waals surface area contributed by atoms with Crippen LogP contribution in [0.25, 0.3) is 0 Å². The van der Waals surface area contributed by atoms with Gasteiger partial charge in [0.05, 0.1) is 6.04 Å². The molecule has 1 spiro atoms. The number of likely N-dealkylation sites (N-methyl/N-ethyl adjacent to an activating group) is 1. The Kier molecular flexibility index (Phi) is 8.49. The highest BCUT2D eigenvalue weighted by Crippen LogP contribution is 2.50. The second kappa shape index (κ2) is 10.4. The van der Waals surface area contributed by atoms with Crippen LogP contribution in [-0.2, 0) is 19.2 Å². The molecule has 1 saturated carbocycles. The minimum atomic E-state index is -3.11. The summed E-state index contributed by atoms with van der Waals surface area (Å²) in [5.74, 6) is -6.49. The number of nitrogens with zero attached hydrogens (tertiary/aromatic N) is 1. The van der Waals surface area contributed by atoms with E-state index in [0.29, 0.717) is 13.3 Å². The second-order valence-corrected chi connectivity index (χ2v) is 10.9. The predicted molar refractivity (Wildman–Crippen MR) is 122 cm³/mol. The first kappa shape index (κ1) is 28.4. The molecule has 1 saturated heterocycles. The van der Waals surface area contributed by atoms with E-state index >= 15 is 0 Å². The normalized spacial score (nSPS) is 21.0. The molecular weight excluding hydrogens is 466 g/mol. The van der Waals surface area contributed by atoms with Gasteiger partial charge in [0.15, 0.2) is 0 Å². The van der Waals surface area contributed by atoms with Crippen molar-refractivity contribution >= 4 is 29.6 Å². The fourth-order valence-corrected chi connectivity index (χ4v) is 4.72. The highest BCUT2D eigenvalue weighted by molar-refractivity contribution is 6.38. The third kappa shape index (κ3) is 7.11. The summed E-state index contributed by atoms with van der Waals surface area (Å²) in [5, 5.41) is 16.1. The number of nitrogens with one attached hydrogen (secondary N) is 3. The van der Waals surface area contributed by atoms with E-state index in [1.54, 1.807) is 20.8 Å². The van der Waals surface area contributed by atoms with Crippen LogP contribution in [0.5, 0.6) is 0 Å². The zero-order chi connectivity index (χ0) is 26.8. The first-order valence-corrected chi connectivity index (χ1v) is 11.7. The first-order valence-electron chi connectivity index (χ1n) is 11.7. The van der Waals surface area contributed by atoms with E-state index in [0.717, 1.165) is 19.3 Å². The Balaban J connectivity index is 2.31. The summed E-state index contributed by atoms with van der Waals surface area (Å²) in [6, 6.07) is -3.64. The fourth-order valence-electron chi connectivity index (χ4n) is 4.72. The quantitative estimate of drug-likeness (QED) is 0.353. The van der Waals surface area contributed by atoms with Crippen molar-refractivity contribution in [3.8, 4) is 0 Å². The van der Waals surface area contributed by atoms with Crippen LogP contribution in [0, 0.1) is 10.8 Å². The van der Waals surface area contributed by atoms with Gasteiger partial charge in [-0.3, -0.25) is 19.2 Å². The lowest BCUT2D eigenvalue weighted by Crippen LogP contribution is -2.59. The van der Waals surface area contributed by atoms with Gasteiger partial charge in [-0.05, 0) is 43.4 Å². The number of halogens is 2. The lowest BCUT2D eigenvalue weighted by atomic mass is 9.67. The number of rotatable bonds is 9. The standard InChI is InChI=1S/C23H36F2N4O6/c1-21(2,3)16(28-20(34)35)19(33)29-12-23(8-6-9-23)11-14(29)17(31)27-13(7-10-22(4,24)25)15(30)18(32)26-5/h13-14,16,28H,6-12H2,1-5H3,(H,26,32)(H,27,31)(H,34,35)/t13-,14?,16+/m0/s1. The maximum atomic E-state index is 13.5. The summed E-state index contributed by atoms with van der Waals surface area (Å²) in [4.78, 5) is 63.9. The molecule has 1 heterocycles. The van der Waals surface area contributed by atoms with Crippen molar-refractivity contribution in [1.82, 2.24) is 20.9 Å². The summed E-state index contributed by atoms with van der Waals surface area (Å²) in [5.41, 5.74) is -1.09. The zero-order valence-corrected chi connectivity index (χ0v) is 20.9. The molecule has 2 rings (SSSR count). The number of carboxylic acid groups (broad SMARTS) is 1. The lowest BCUT2D eigenvalue weighted by molar-refractivity contribution is -0.144. The van der Waals surface area contributed by atoms with Crippen molar-refractivity contribution in [2.24, 2.45) is 10.8 Å². The Labute approximate surface area is 203 Å². The topological polar surface area (TPSA) is 145 Å². The molecule has 12 heteroatoms. The van der Waals surface area contributed by atoms with E-state index in [4.69, 9.17) is 0 Å². The van der Waals surface area contributed by atoms with Gasteiger partial charge >= 0.3 is 6.09 Å². The molecule has 1 aliphatic heterocycles. The molecule has 0 aromatic heterocycles. The van der Waals surface area contributed by atoms with Gasteiger partial charge in [0, 0.05) is 20.0 Å². The molecule has 0 aromatic rings. The van der Waals surface area contributed by atoms with Gasteiger partial charge in [-0.15, -0.1) is 0 Å². The van der Waals surface area contributed by atoms with Crippen LogP contribution in [0.4, 0.5) is 13.6 Å². The van der Waals surface area contributed by atoms with E-state index in [1.165, 1.54) is 11.9 Å². The van der Waals surface area contributed by atoms with Crippen molar-refractivity contribution in [2.75, 3.05) is 13.6 Å². The Bertz CT molecular complexity index is 863. The molecule has 4 N–H and O–H groups in total. The Hall–Kier alpha value is -2.79. The van der Waals surface area contributed by atoms with Crippen LogP contribution in [0.2, 0.25) is 0 Å². The highest BCUT2D eigenvalue weighted by atomic mass is 19.3. The molecule has 198 valence electrons. The van der Waals surface area contributed by atoms with Crippen LogP contribution >= 0.6 is 0 Å². The monoisotopic (exact) mass is 502 g/mol. The van der Waals surface area contributed by atoms with Gasteiger partial charge < -0.3 is 26.0 Å². The molecule has 1 unspecified atom stereocenters. The number of ketones is 1. The summed E-state index contributed by atoms with van der Waals surface area (Å²) < 4.78 is 26.9. The van der Waals surface area contributed by atoms with Gasteiger partial charge in [-0.1, -0.05) is 27.2 Å². The largest absolute Gasteiger partial charge is 0.465 e. The van der Waals surface area contributed by atoms with Crippen LogP contribution in [0.15, 0.2) is 0 Å². The van der Waals surface area contributed by atoms with Crippen molar-refractivity contribution in [3.05, 3.63) is 0 Å². The number of Topliss-reactive ketones (excluding diaryl/α,β-unsaturated/α-hetero) is 1. The summed E-state index contributed by atoms with van der Waals surface area (Å²) >= 11 is 0. The summed E-state index contributed by atoms with van der Waals surface area (Å²) in [7, 11) is 1.22. The van der Waals surface area contributed by atoms with Crippen molar-refractivity contribution in [2.45, 2.75) is 90.3 Å². The molecule has 2 aliphatic rings. The van der Waals surface area contributed by atoms with Gasteiger partial charge in [0.1, 0.15) is 12.1 Å². The number of carbonyl (C=O) groups is 5. The number of hydrogen-bond acceptors (Lipinski definition) is 5. The van der Waals surface area contributed by atoms with E-state index in [1.807, 2.05) is 0 Å². The van der Waals surface area contributed by atoms with E-state index in [9.17, 15) is 37.9 Å². The molecule has 10 nitrogen and oxygen atoms in total. The third-order valence-corrected chi connectivity index (χ3v) is 6.84. The molecule has 0 radical (unpaired) electrons. The maximum Gasteiger partial charge on any atom is 0.405 e. The van der Waals surface area contributed by atoms with E-state index in [2.05, 4.69) is 16.0 Å². The average Bonchev–Trinajstić information content (AvgIpc) is 3.13. The van der Waals surface area contributed by atoms with Crippen molar-refractivity contribution < 1.29 is 37.9 Å². The van der Waals surface area contributed by atoms with Gasteiger partial charge in [-0.2, -0.15) is 0 Å². The van der Waals surface area contributed by atoms with Crippen molar-refractivity contribution in [3.63, 3.8) is 0 Å². The number of carbonyl (C=O) groups excluding carboxylic acids is 4. The average molecular weight is 503 g/mol. The van der Waals surface area contributed by atoms with Crippen molar-refractivity contribution in [1.29, 1.82) is 0 Å². The van der Waals surface area contributed by atoms with Gasteiger partial charge in [0.25, 0.3) is 5.91 Å². The Morgan fingerprint density at radius 1 is 1.09 bits per heavy atom. The van der Waals surface area contributed by atoms with Crippen LogP contribution in [0.1, 0.15) is 66.2 Å². The molecule has 0 aromatic carbocycles. The summed E-state index contributed by atoms with van der Waals surface area (Å²) in [6.07, 6.45) is 0.236. The first-order chi connectivity index (χ1) is 16.0. The lowest BCUT2D eigenvalue weighted by Gasteiger charge is -2.39.